The lowest BCUT2D eigenvalue weighted by atomic mass is 10.2. The number of alkyl halides is 3. The molecule has 2 N–H and O–H groups in total. The second kappa shape index (κ2) is 5.31. The zero-order valence-corrected chi connectivity index (χ0v) is 9.89. The molecule has 1 aromatic heterocycles. The Balaban J connectivity index is 2.30. The zero-order chi connectivity index (χ0) is 13.9. The van der Waals surface area contributed by atoms with Crippen molar-refractivity contribution in [3.05, 3.63) is 42.5 Å². The molecule has 0 atom stereocenters. The van der Waals surface area contributed by atoms with E-state index in [1.165, 1.54) is 24.5 Å². The van der Waals surface area contributed by atoms with Crippen LogP contribution in [-0.2, 0) is 6.42 Å². The number of hydrogen-bond donors (Lipinski definition) is 1. The molecule has 1 aromatic carbocycles. The second-order valence-electron chi connectivity index (χ2n) is 3.84. The SMILES string of the molecule is NCCc1cncn1-c1cccc(OC(F)(F)F)c1. The molecule has 0 unspecified atom stereocenters. The van der Waals surface area contributed by atoms with Gasteiger partial charge in [0.1, 0.15) is 5.75 Å². The van der Waals surface area contributed by atoms with Crippen molar-refractivity contribution in [3.63, 3.8) is 0 Å². The van der Waals surface area contributed by atoms with Crippen molar-refractivity contribution in [2.24, 2.45) is 5.73 Å². The molecule has 0 aliphatic rings. The quantitative estimate of drug-likeness (QED) is 0.928. The lowest BCUT2D eigenvalue weighted by Crippen LogP contribution is -2.17. The lowest BCUT2D eigenvalue weighted by Gasteiger charge is -2.11. The zero-order valence-electron chi connectivity index (χ0n) is 9.89. The van der Waals surface area contributed by atoms with Gasteiger partial charge in [-0.15, -0.1) is 13.2 Å². The van der Waals surface area contributed by atoms with Crippen LogP contribution in [0.25, 0.3) is 5.69 Å². The maximum atomic E-state index is 12.2. The van der Waals surface area contributed by atoms with Gasteiger partial charge in [-0.05, 0) is 18.7 Å². The van der Waals surface area contributed by atoms with Gasteiger partial charge in [-0.3, -0.25) is 0 Å². The average molecular weight is 271 g/mol. The van der Waals surface area contributed by atoms with Gasteiger partial charge >= 0.3 is 6.36 Å². The summed E-state index contributed by atoms with van der Waals surface area (Å²) < 4.78 is 42.0. The molecular formula is C12H12F3N3O. The summed E-state index contributed by atoms with van der Waals surface area (Å²) in [4.78, 5) is 3.97. The fraction of sp³-hybridized carbons (Fsp3) is 0.250. The first-order valence-corrected chi connectivity index (χ1v) is 5.57. The molecule has 0 bridgehead atoms. The minimum absolute atomic E-state index is 0.266. The van der Waals surface area contributed by atoms with E-state index < -0.39 is 6.36 Å². The van der Waals surface area contributed by atoms with E-state index in [4.69, 9.17) is 5.73 Å². The minimum Gasteiger partial charge on any atom is -0.406 e. The molecule has 0 amide bonds. The molecule has 0 aliphatic carbocycles. The molecule has 0 spiro atoms. The number of hydrogen-bond acceptors (Lipinski definition) is 3. The van der Waals surface area contributed by atoms with E-state index in [0.717, 1.165) is 5.69 Å². The third kappa shape index (κ3) is 3.47. The lowest BCUT2D eigenvalue weighted by molar-refractivity contribution is -0.274. The van der Waals surface area contributed by atoms with Crippen LogP contribution in [-0.4, -0.2) is 22.5 Å². The van der Waals surface area contributed by atoms with Crippen LogP contribution >= 0.6 is 0 Å². The molecule has 0 aliphatic heterocycles. The Morgan fingerprint density at radius 3 is 2.79 bits per heavy atom. The number of aromatic nitrogens is 2. The van der Waals surface area contributed by atoms with Crippen LogP contribution in [0.15, 0.2) is 36.8 Å². The van der Waals surface area contributed by atoms with Gasteiger partial charge in [0.15, 0.2) is 0 Å². The van der Waals surface area contributed by atoms with Gasteiger partial charge in [0.25, 0.3) is 0 Å². The third-order valence-electron chi connectivity index (χ3n) is 2.44. The number of halogens is 3. The van der Waals surface area contributed by atoms with Crippen molar-refractivity contribution in [2.45, 2.75) is 12.8 Å². The van der Waals surface area contributed by atoms with Crippen molar-refractivity contribution in [1.82, 2.24) is 9.55 Å². The van der Waals surface area contributed by atoms with E-state index in [-0.39, 0.29) is 5.75 Å². The summed E-state index contributed by atoms with van der Waals surface area (Å²) in [5.41, 5.74) is 6.84. The highest BCUT2D eigenvalue weighted by atomic mass is 19.4. The Labute approximate surface area is 107 Å². The number of rotatable bonds is 4. The minimum atomic E-state index is -4.70. The Morgan fingerprint density at radius 1 is 1.32 bits per heavy atom. The van der Waals surface area contributed by atoms with Crippen LogP contribution in [0.4, 0.5) is 13.2 Å². The van der Waals surface area contributed by atoms with Crippen LogP contribution in [0.5, 0.6) is 5.75 Å². The van der Waals surface area contributed by atoms with Crippen molar-refractivity contribution >= 4 is 0 Å². The summed E-state index contributed by atoms with van der Waals surface area (Å²) in [6.07, 6.45) is -0.958. The summed E-state index contributed by atoms with van der Waals surface area (Å²) >= 11 is 0. The summed E-state index contributed by atoms with van der Waals surface area (Å²) in [5.74, 6) is -0.266. The number of ether oxygens (including phenoxy) is 1. The predicted molar refractivity (Wildman–Crippen MR) is 63.0 cm³/mol. The van der Waals surface area contributed by atoms with Crippen molar-refractivity contribution < 1.29 is 17.9 Å². The van der Waals surface area contributed by atoms with Gasteiger partial charge in [0.2, 0.25) is 0 Å². The first-order chi connectivity index (χ1) is 8.99. The summed E-state index contributed by atoms with van der Waals surface area (Å²) in [6, 6.07) is 5.71. The molecule has 0 saturated carbocycles. The standard InChI is InChI=1S/C12H12F3N3O/c13-12(14,15)19-11-3-1-2-9(6-11)18-8-17-7-10(18)4-5-16/h1-3,6-8H,4-5,16H2. The highest BCUT2D eigenvalue weighted by molar-refractivity contribution is 5.40. The molecule has 0 saturated heterocycles. The molecule has 102 valence electrons. The monoisotopic (exact) mass is 271 g/mol. The second-order valence-corrected chi connectivity index (χ2v) is 3.84. The number of benzene rings is 1. The Bertz CT molecular complexity index is 551. The molecule has 19 heavy (non-hydrogen) atoms. The Morgan fingerprint density at radius 2 is 2.11 bits per heavy atom. The van der Waals surface area contributed by atoms with Crippen molar-refractivity contribution in [3.8, 4) is 11.4 Å². The van der Waals surface area contributed by atoms with Crippen LogP contribution in [0, 0.1) is 0 Å². The Hall–Kier alpha value is -2.02. The Kier molecular flexibility index (Phi) is 3.75. The van der Waals surface area contributed by atoms with Gasteiger partial charge in [0.05, 0.1) is 12.0 Å². The molecule has 0 radical (unpaired) electrons. The van der Waals surface area contributed by atoms with Crippen molar-refractivity contribution in [1.29, 1.82) is 0 Å². The van der Waals surface area contributed by atoms with Crippen LogP contribution < -0.4 is 10.5 Å². The highest BCUT2D eigenvalue weighted by Gasteiger charge is 2.31. The van der Waals surface area contributed by atoms with E-state index in [1.807, 2.05) is 0 Å². The average Bonchev–Trinajstić information content (AvgIpc) is 2.76. The highest BCUT2D eigenvalue weighted by Crippen LogP contribution is 2.25. The van der Waals surface area contributed by atoms with Gasteiger partial charge in [-0.25, -0.2) is 4.98 Å². The van der Waals surface area contributed by atoms with Crippen molar-refractivity contribution in [2.75, 3.05) is 6.54 Å². The summed E-state index contributed by atoms with van der Waals surface area (Å²) in [5, 5.41) is 0. The van der Waals surface area contributed by atoms with Gasteiger partial charge < -0.3 is 15.0 Å². The van der Waals surface area contributed by atoms with Crippen LogP contribution in [0.2, 0.25) is 0 Å². The van der Waals surface area contributed by atoms with E-state index >= 15 is 0 Å². The molecule has 7 heteroatoms. The number of imidazole rings is 1. The fourth-order valence-corrected chi connectivity index (χ4v) is 1.72. The van der Waals surface area contributed by atoms with E-state index in [0.29, 0.717) is 18.7 Å². The molecule has 2 rings (SSSR count). The number of nitrogens with two attached hydrogens (primary N) is 1. The third-order valence-corrected chi connectivity index (χ3v) is 2.44. The molecule has 0 fully saturated rings. The predicted octanol–water partition coefficient (Wildman–Crippen LogP) is 2.27. The summed E-state index contributed by atoms with van der Waals surface area (Å²) in [6.45, 7) is 0.435. The first-order valence-electron chi connectivity index (χ1n) is 5.57. The van der Waals surface area contributed by atoms with E-state index in [1.54, 1.807) is 16.8 Å². The fourth-order valence-electron chi connectivity index (χ4n) is 1.72. The van der Waals surface area contributed by atoms with Gasteiger partial charge in [-0.1, -0.05) is 6.07 Å². The maximum absolute atomic E-state index is 12.2. The van der Waals surface area contributed by atoms with Crippen LogP contribution in [0.3, 0.4) is 0 Å². The normalized spacial score (nSPS) is 11.6. The topological polar surface area (TPSA) is 53.1 Å². The maximum Gasteiger partial charge on any atom is 0.573 e. The first kappa shape index (κ1) is 13.4. The smallest absolute Gasteiger partial charge is 0.406 e. The largest absolute Gasteiger partial charge is 0.573 e. The molecule has 2 aromatic rings. The molecule has 1 heterocycles. The van der Waals surface area contributed by atoms with Gasteiger partial charge in [-0.2, -0.15) is 0 Å². The van der Waals surface area contributed by atoms with E-state index in [9.17, 15) is 13.2 Å². The summed E-state index contributed by atoms with van der Waals surface area (Å²) in [7, 11) is 0. The van der Waals surface area contributed by atoms with E-state index in [2.05, 4.69) is 9.72 Å². The van der Waals surface area contributed by atoms with Gasteiger partial charge in [0, 0.05) is 24.4 Å². The number of nitrogens with zero attached hydrogens (tertiary/aromatic N) is 2. The molecular weight excluding hydrogens is 259 g/mol. The molecule has 4 nitrogen and oxygen atoms in total. The van der Waals surface area contributed by atoms with Crippen LogP contribution in [0.1, 0.15) is 5.69 Å².